The Balaban J connectivity index is 1.67. The van der Waals surface area contributed by atoms with E-state index in [9.17, 15) is 9.59 Å². The zero-order valence-electron chi connectivity index (χ0n) is 17.4. The molecule has 0 aliphatic carbocycles. The predicted octanol–water partition coefficient (Wildman–Crippen LogP) is 3.51. The summed E-state index contributed by atoms with van der Waals surface area (Å²) in [6.07, 6.45) is 4.95. The molecule has 154 valence electrons. The lowest BCUT2D eigenvalue weighted by Gasteiger charge is -2.27. The van der Waals surface area contributed by atoms with Crippen LogP contribution in [-0.2, 0) is 19.5 Å². The van der Waals surface area contributed by atoms with E-state index in [0.29, 0.717) is 18.1 Å². The van der Waals surface area contributed by atoms with Gasteiger partial charge in [0.2, 0.25) is 0 Å². The number of rotatable bonds is 5. The fraction of sp³-hybridized carbons (Fsp3) is 0.522. The zero-order chi connectivity index (χ0) is 20.4. The molecule has 6 heteroatoms. The van der Waals surface area contributed by atoms with Crippen LogP contribution in [0.1, 0.15) is 71.9 Å². The number of imidazole rings is 1. The smallest absolute Gasteiger partial charge is 0.289 e. The molecule has 4 rings (SSSR count). The van der Waals surface area contributed by atoms with Crippen LogP contribution in [-0.4, -0.2) is 50.3 Å². The summed E-state index contributed by atoms with van der Waals surface area (Å²) in [5, 5.41) is 0. The molecule has 29 heavy (non-hydrogen) atoms. The van der Waals surface area contributed by atoms with Gasteiger partial charge in [0.15, 0.2) is 5.82 Å². The van der Waals surface area contributed by atoms with Crippen molar-refractivity contribution in [3.8, 4) is 0 Å². The number of carbonyl (C=O) groups is 2. The van der Waals surface area contributed by atoms with E-state index in [-0.39, 0.29) is 17.9 Å². The van der Waals surface area contributed by atoms with Crippen molar-refractivity contribution >= 4 is 11.8 Å². The summed E-state index contributed by atoms with van der Waals surface area (Å²) >= 11 is 0. The molecule has 0 radical (unpaired) electrons. The molecule has 3 heterocycles. The monoisotopic (exact) mass is 394 g/mol. The van der Waals surface area contributed by atoms with Crippen LogP contribution in [0.5, 0.6) is 0 Å². The van der Waals surface area contributed by atoms with E-state index in [4.69, 9.17) is 0 Å². The largest absolute Gasteiger partial charge is 0.336 e. The lowest BCUT2D eigenvalue weighted by atomic mass is 10.1. The number of carbonyl (C=O) groups excluding carboxylic acids is 2. The number of hydrogen-bond donors (Lipinski definition) is 0. The molecule has 1 aromatic heterocycles. The molecule has 0 atom stereocenters. The average Bonchev–Trinajstić information content (AvgIpc) is 3.40. The van der Waals surface area contributed by atoms with Crippen LogP contribution < -0.4 is 0 Å². The number of nitrogens with zero attached hydrogens (tertiary/aromatic N) is 4. The molecule has 2 amide bonds. The molecule has 0 saturated carbocycles. The molecule has 0 N–H and O–H groups in total. The van der Waals surface area contributed by atoms with E-state index in [1.807, 2.05) is 58.5 Å². The van der Waals surface area contributed by atoms with Gasteiger partial charge >= 0.3 is 0 Å². The first-order valence-corrected chi connectivity index (χ1v) is 10.8. The third kappa shape index (κ3) is 3.93. The van der Waals surface area contributed by atoms with Gasteiger partial charge in [0.05, 0.1) is 5.69 Å². The van der Waals surface area contributed by atoms with Crippen molar-refractivity contribution in [2.45, 2.75) is 65.1 Å². The molecule has 1 aromatic carbocycles. The number of fused-ring (bicyclic) bond motifs is 1. The van der Waals surface area contributed by atoms with E-state index in [2.05, 4.69) is 4.98 Å². The van der Waals surface area contributed by atoms with Crippen LogP contribution >= 0.6 is 0 Å². The van der Waals surface area contributed by atoms with Gasteiger partial charge in [-0.15, -0.1) is 0 Å². The Morgan fingerprint density at radius 2 is 1.72 bits per heavy atom. The predicted molar refractivity (Wildman–Crippen MR) is 112 cm³/mol. The summed E-state index contributed by atoms with van der Waals surface area (Å²) in [6, 6.07) is 10.1. The highest BCUT2D eigenvalue weighted by molar-refractivity contribution is 5.97. The molecule has 0 bridgehead atoms. The topological polar surface area (TPSA) is 58.4 Å². The van der Waals surface area contributed by atoms with Gasteiger partial charge in [0.1, 0.15) is 5.69 Å². The Kier molecular flexibility index (Phi) is 5.69. The molecular weight excluding hydrogens is 364 g/mol. The van der Waals surface area contributed by atoms with E-state index in [1.54, 1.807) is 0 Å². The highest BCUT2D eigenvalue weighted by Crippen LogP contribution is 2.25. The quantitative estimate of drug-likeness (QED) is 0.780. The molecule has 2 aliphatic rings. The van der Waals surface area contributed by atoms with Gasteiger partial charge in [-0.2, -0.15) is 0 Å². The standard InChI is InChI=1S/C23H30N4O2/c1-17(2)27(16-18-10-4-3-5-11-18)22(28)20-19-12-6-7-15-26(19)21(24-20)23(29)25-13-8-9-14-25/h3-5,10-11,17H,6-9,12-16H2,1-2H3. The second-order valence-corrected chi connectivity index (χ2v) is 8.35. The van der Waals surface area contributed by atoms with Gasteiger partial charge in [0.25, 0.3) is 11.8 Å². The summed E-state index contributed by atoms with van der Waals surface area (Å²) in [7, 11) is 0. The fourth-order valence-electron chi connectivity index (χ4n) is 4.34. The molecule has 6 nitrogen and oxygen atoms in total. The summed E-state index contributed by atoms with van der Waals surface area (Å²) in [4.78, 5) is 35.0. The Bertz CT molecular complexity index is 882. The van der Waals surface area contributed by atoms with Gasteiger partial charge in [-0.3, -0.25) is 9.59 Å². The van der Waals surface area contributed by atoms with Crippen molar-refractivity contribution in [3.05, 3.63) is 53.1 Å². The van der Waals surface area contributed by atoms with Crippen LogP contribution in [0.4, 0.5) is 0 Å². The lowest BCUT2D eigenvalue weighted by molar-refractivity contribution is 0.0683. The van der Waals surface area contributed by atoms with Gasteiger partial charge in [-0.1, -0.05) is 30.3 Å². The van der Waals surface area contributed by atoms with Crippen molar-refractivity contribution in [2.24, 2.45) is 0 Å². The SMILES string of the molecule is CC(C)N(Cc1ccccc1)C(=O)c1nc(C(=O)N2CCCC2)n2c1CCCC2. The fourth-order valence-corrected chi connectivity index (χ4v) is 4.34. The van der Waals surface area contributed by atoms with Crippen molar-refractivity contribution in [2.75, 3.05) is 13.1 Å². The van der Waals surface area contributed by atoms with Crippen LogP contribution in [0.25, 0.3) is 0 Å². The van der Waals surface area contributed by atoms with E-state index >= 15 is 0 Å². The number of benzene rings is 1. The van der Waals surface area contributed by atoms with Crippen molar-refractivity contribution < 1.29 is 9.59 Å². The minimum absolute atomic E-state index is 0.0242. The average molecular weight is 395 g/mol. The van der Waals surface area contributed by atoms with E-state index in [1.165, 1.54) is 0 Å². The van der Waals surface area contributed by atoms with Gasteiger partial charge in [-0.05, 0) is 51.5 Å². The normalized spacial score (nSPS) is 16.2. The highest BCUT2D eigenvalue weighted by Gasteiger charge is 2.33. The molecule has 1 fully saturated rings. The minimum atomic E-state index is -0.0741. The van der Waals surface area contributed by atoms with Gasteiger partial charge < -0.3 is 14.4 Å². The van der Waals surface area contributed by atoms with E-state index < -0.39 is 0 Å². The van der Waals surface area contributed by atoms with Crippen LogP contribution in [0.2, 0.25) is 0 Å². The Morgan fingerprint density at radius 3 is 2.41 bits per heavy atom. The number of hydrogen-bond acceptors (Lipinski definition) is 3. The summed E-state index contributed by atoms with van der Waals surface area (Å²) in [5.74, 6) is 0.354. The number of likely N-dealkylation sites (tertiary alicyclic amines) is 1. The second kappa shape index (κ2) is 8.39. The van der Waals surface area contributed by atoms with Gasteiger partial charge in [-0.25, -0.2) is 4.98 Å². The van der Waals surface area contributed by atoms with Crippen molar-refractivity contribution in [1.82, 2.24) is 19.4 Å². The molecular formula is C23H30N4O2. The summed E-state index contributed by atoms with van der Waals surface area (Å²) < 4.78 is 2.01. The molecule has 0 unspecified atom stereocenters. The Hall–Kier alpha value is -2.63. The van der Waals surface area contributed by atoms with Crippen LogP contribution in [0, 0.1) is 0 Å². The molecule has 2 aliphatic heterocycles. The second-order valence-electron chi connectivity index (χ2n) is 8.35. The van der Waals surface area contributed by atoms with Gasteiger partial charge in [0, 0.05) is 32.2 Å². The number of aromatic nitrogens is 2. The Labute approximate surface area is 172 Å². The maximum Gasteiger partial charge on any atom is 0.289 e. The third-order valence-electron chi connectivity index (χ3n) is 5.98. The first-order chi connectivity index (χ1) is 14.1. The van der Waals surface area contributed by atoms with E-state index in [0.717, 1.165) is 63.0 Å². The summed E-state index contributed by atoms with van der Waals surface area (Å²) in [5.41, 5.74) is 2.50. The Morgan fingerprint density at radius 1 is 1.03 bits per heavy atom. The number of amides is 2. The maximum atomic E-state index is 13.5. The summed E-state index contributed by atoms with van der Waals surface area (Å²) in [6.45, 7) is 6.94. The van der Waals surface area contributed by atoms with Crippen molar-refractivity contribution in [3.63, 3.8) is 0 Å². The van der Waals surface area contributed by atoms with Crippen molar-refractivity contribution in [1.29, 1.82) is 0 Å². The molecule has 0 spiro atoms. The highest BCUT2D eigenvalue weighted by atomic mass is 16.2. The lowest BCUT2D eigenvalue weighted by Crippen LogP contribution is -2.37. The first-order valence-electron chi connectivity index (χ1n) is 10.8. The minimum Gasteiger partial charge on any atom is -0.336 e. The van der Waals surface area contributed by atoms with Crippen LogP contribution in [0.3, 0.4) is 0 Å². The zero-order valence-corrected chi connectivity index (χ0v) is 17.4. The third-order valence-corrected chi connectivity index (χ3v) is 5.98. The first kappa shape index (κ1) is 19.7. The maximum absolute atomic E-state index is 13.5. The van der Waals surface area contributed by atoms with Crippen LogP contribution in [0.15, 0.2) is 30.3 Å². The molecule has 2 aromatic rings. The molecule has 1 saturated heterocycles.